The average molecular weight is 407 g/mol. The Morgan fingerprint density at radius 1 is 1.13 bits per heavy atom. The SMILES string of the molecule is O=C(NCCC1=CCCCC1)C1CCN(C(=O)c2cccn2-c2cccnc2)CC1. The highest BCUT2D eigenvalue weighted by atomic mass is 16.2. The normalized spacial score (nSPS) is 17.5. The molecule has 6 nitrogen and oxygen atoms in total. The van der Waals surface area contributed by atoms with E-state index in [0.717, 1.165) is 18.7 Å². The molecule has 2 aliphatic rings. The van der Waals surface area contributed by atoms with Gasteiger partial charge in [-0.15, -0.1) is 0 Å². The van der Waals surface area contributed by atoms with Crippen LogP contribution in [0.5, 0.6) is 0 Å². The maximum absolute atomic E-state index is 13.1. The van der Waals surface area contributed by atoms with Crippen LogP contribution in [0.1, 0.15) is 55.4 Å². The molecule has 1 aliphatic carbocycles. The highest BCUT2D eigenvalue weighted by molar-refractivity contribution is 5.93. The molecule has 2 aromatic rings. The van der Waals surface area contributed by atoms with E-state index in [1.54, 1.807) is 12.4 Å². The second-order valence-corrected chi connectivity index (χ2v) is 8.19. The van der Waals surface area contributed by atoms with Crippen LogP contribution in [0, 0.1) is 5.92 Å². The third-order valence-corrected chi connectivity index (χ3v) is 6.18. The molecule has 4 rings (SSSR count). The number of aromatic nitrogens is 2. The summed E-state index contributed by atoms with van der Waals surface area (Å²) < 4.78 is 1.87. The van der Waals surface area contributed by atoms with E-state index in [-0.39, 0.29) is 17.7 Å². The van der Waals surface area contributed by atoms with Crippen LogP contribution in [0.2, 0.25) is 0 Å². The van der Waals surface area contributed by atoms with E-state index in [1.807, 2.05) is 39.9 Å². The van der Waals surface area contributed by atoms with E-state index in [4.69, 9.17) is 0 Å². The van der Waals surface area contributed by atoms with Gasteiger partial charge < -0.3 is 14.8 Å². The van der Waals surface area contributed by atoms with Crippen molar-refractivity contribution in [1.82, 2.24) is 19.8 Å². The van der Waals surface area contributed by atoms with Crippen LogP contribution in [0.15, 0.2) is 54.5 Å². The van der Waals surface area contributed by atoms with Crippen molar-refractivity contribution >= 4 is 11.8 Å². The number of nitrogens with zero attached hydrogens (tertiary/aromatic N) is 3. The van der Waals surface area contributed by atoms with Crippen molar-refractivity contribution in [2.24, 2.45) is 5.92 Å². The number of hydrogen-bond donors (Lipinski definition) is 1. The summed E-state index contributed by atoms with van der Waals surface area (Å²) in [4.78, 5) is 31.6. The standard InChI is InChI=1S/C24H30N4O2/c29-23(26-14-10-19-6-2-1-3-7-19)20-11-16-27(17-12-20)24(30)22-9-5-15-28(22)21-8-4-13-25-18-21/h4-6,8-9,13,15,18,20H,1-3,7,10-12,14,16-17H2,(H,26,29). The third-order valence-electron chi connectivity index (χ3n) is 6.18. The molecular weight excluding hydrogens is 376 g/mol. The Balaban J connectivity index is 1.27. The lowest BCUT2D eigenvalue weighted by Gasteiger charge is -2.31. The number of carbonyl (C=O) groups excluding carboxylic acids is 2. The summed E-state index contributed by atoms with van der Waals surface area (Å²) in [6.07, 6.45) is 15.0. The third kappa shape index (κ3) is 4.81. The van der Waals surface area contributed by atoms with E-state index in [2.05, 4.69) is 16.4 Å². The van der Waals surface area contributed by atoms with Crippen LogP contribution in [0.3, 0.4) is 0 Å². The fraction of sp³-hybridized carbons (Fsp3) is 0.458. The van der Waals surface area contributed by atoms with Crippen LogP contribution in [0.25, 0.3) is 5.69 Å². The molecule has 0 bridgehead atoms. The van der Waals surface area contributed by atoms with Crippen molar-refractivity contribution in [2.45, 2.75) is 44.9 Å². The highest BCUT2D eigenvalue weighted by Gasteiger charge is 2.28. The van der Waals surface area contributed by atoms with Crippen LogP contribution >= 0.6 is 0 Å². The summed E-state index contributed by atoms with van der Waals surface area (Å²) in [5.74, 6) is 0.142. The van der Waals surface area contributed by atoms with Crippen LogP contribution in [-0.2, 0) is 4.79 Å². The number of rotatable bonds is 6. The number of nitrogens with one attached hydrogen (secondary N) is 1. The Morgan fingerprint density at radius 2 is 2.00 bits per heavy atom. The van der Waals surface area contributed by atoms with Gasteiger partial charge in [0.1, 0.15) is 5.69 Å². The molecule has 0 aromatic carbocycles. The summed E-state index contributed by atoms with van der Waals surface area (Å²) in [6, 6.07) is 7.51. The van der Waals surface area contributed by atoms with Gasteiger partial charge in [0.2, 0.25) is 5.91 Å². The molecule has 0 radical (unpaired) electrons. The molecule has 0 saturated carbocycles. The van der Waals surface area contributed by atoms with Crippen molar-refractivity contribution < 1.29 is 9.59 Å². The predicted octanol–water partition coefficient (Wildman–Crippen LogP) is 3.73. The minimum absolute atomic E-state index is 0.000468. The second kappa shape index (κ2) is 9.74. The van der Waals surface area contributed by atoms with E-state index in [9.17, 15) is 9.59 Å². The van der Waals surface area contributed by atoms with Gasteiger partial charge in [-0.1, -0.05) is 11.6 Å². The number of likely N-dealkylation sites (tertiary alicyclic amines) is 1. The Hall–Kier alpha value is -2.89. The summed E-state index contributed by atoms with van der Waals surface area (Å²) in [5.41, 5.74) is 2.98. The number of hydrogen-bond acceptors (Lipinski definition) is 3. The zero-order valence-corrected chi connectivity index (χ0v) is 17.4. The number of piperidine rings is 1. The van der Waals surface area contributed by atoms with Gasteiger partial charge in [0, 0.05) is 37.9 Å². The van der Waals surface area contributed by atoms with Crippen molar-refractivity contribution in [1.29, 1.82) is 0 Å². The molecule has 30 heavy (non-hydrogen) atoms. The quantitative estimate of drug-likeness (QED) is 0.744. The van der Waals surface area contributed by atoms with Crippen LogP contribution in [0.4, 0.5) is 0 Å². The maximum atomic E-state index is 13.1. The van der Waals surface area contributed by atoms with Gasteiger partial charge in [0.05, 0.1) is 11.9 Å². The minimum atomic E-state index is -0.000468. The molecule has 1 aliphatic heterocycles. The summed E-state index contributed by atoms with van der Waals surface area (Å²) in [7, 11) is 0. The Morgan fingerprint density at radius 3 is 2.73 bits per heavy atom. The zero-order valence-electron chi connectivity index (χ0n) is 17.4. The lowest BCUT2D eigenvalue weighted by Crippen LogP contribution is -2.43. The molecule has 158 valence electrons. The second-order valence-electron chi connectivity index (χ2n) is 8.19. The molecule has 2 amide bonds. The summed E-state index contributed by atoms with van der Waals surface area (Å²) in [5, 5.41) is 3.11. The van der Waals surface area contributed by atoms with Crippen LogP contribution < -0.4 is 5.32 Å². The van der Waals surface area contributed by atoms with Crippen molar-refractivity contribution in [3.63, 3.8) is 0 Å². The van der Waals surface area contributed by atoms with E-state index in [0.29, 0.717) is 31.6 Å². The van der Waals surface area contributed by atoms with Gasteiger partial charge >= 0.3 is 0 Å². The van der Waals surface area contributed by atoms with Crippen molar-refractivity contribution in [3.8, 4) is 5.69 Å². The topological polar surface area (TPSA) is 67.2 Å². The van der Waals surface area contributed by atoms with Crippen LogP contribution in [-0.4, -0.2) is 45.9 Å². The molecule has 1 saturated heterocycles. The number of allylic oxidation sites excluding steroid dienone is 1. The first-order chi connectivity index (χ1) is 14.7. The number of pyridine rings is 1. The van der Waals surface area contributed by atoms with E-state index < -0.39 is 0 Å². The summed E-state index contributed by atoms with van der Waals surface area (Å²) in [6.45, 7) is 1.95. The van der Waals surface area contributed by atoms with E-state index >= 15 is 0 Å². The molecule has 0 spiro atoms. The molecule has 1 fully saturated rings. The monoisotopic (exact) mass is 406 g/mol. The van der Waals surface area contributed by atoms with Crippen molar-refractivity contribution in [2.75, 3.05) is 19.6 Å². The zero-order chi connectivity index (χ0) is 20.8. The van der Waals surface area contributed by atoms with Gasteiger partial charge in [0.25, 0.3) is 5.91 Å². The van der Waals surface area contributed by atoms with Gasteiger partial charge in [0.15, 0.2) is 0 Å². The van der Waals surface area contributed by atoms with Gasteiger partial charge in [-0.2, -0.15) is 0 Å². The molecule has 0 unspecified atom stereocenters. The number of amides is 2. The highest BCUT2D eigenvalue weighted by Crippen LogP contribution is 2.22. The average Bonchev–Trinajstić information content (AvgIpc) is 3.30. The smallest absolute Gasteiger partial charge is 0.270 e. The molecule has 2 aromatic heterocycles. The minimum Gasteiger partial charge on any atom is -0.356 e. The lowest BCUT2D eigenvalue weighted by molar-refractivity contribution is -0.126. The van der Waals surface area contributed by atoms with Gasteiger partial charge in [-0.25, -0.2) is 0 Å². The molecule has 0 atom stereocenters. The molecule has 1 N–H and O–H groups in total. The Labute approximate surface area is 178 Å². The number of carbonyl (C=O) groups is 2. The molecular formula is C24H30N4O2. The fourth-order valence-corrected chi connectivity index (χ4v) is 4.41. The first-order valence-electron chi connectivity index (χ1n) is 11.0. The fourth-order valence-electron chi connectivity index (χ4n) is 4.41. The lowest BCUT2D eigenvalue weighted by atomic mass is 9.95. The predicted molar refractivity (Wildman–Crippen MR) is 116 cm³/mol. The maximum Gasteiger partial charge on any atom is 0.270 e. The first kappa shape index (κ1) is 20.4. The van der Waals surface area contributed by atoms with Crippen molar-refractivity contribution in [3.05, 3.63) is 60.2 Å². The molecule has 3 heterocycles. The summed E-state index contributed by atoms with van der Waals surface area (Å²) >= 11 is 0. The Bertz CT molecular complexity index is 895. The first-order valence-corrected chi connectivity index (χ1v) is 11.0. The molecule has 6 heteroatoms. The largest absolute Gasteiger partial charge is 0.356 e. The Kier molecular flexibility index (Phi) is 6.62. The van der Waals surface area contributed by atoms with E-state index in [1.165, 1.54) is 31.3 Å². The van der Waals surface area contributed by atoms with Gasteiger partial charge in [-0.3, -0.25) is 14.6 Å². The van der Waals surface area contributed by atoms with Gasteiger partial charge in [-0.05, 0) is 69.2 Å².